The molecule has 0 heterocycles. The van der Waals surface area contributed by atoms with Gasteiger partial charge in [0.1, 0.15) is 5.82 Å². The second kappa shape index (κ2) is 2.95. The molecule has 0 unspecified atom stereocenters. The van der Waals surface area contributed by atoms with Crippen molar-refractivity contribution in [1.82, 2.24) is 0 Å². The number of alkyl halides is 3. The number of aliphatic hydroxyl groups is 1. The van der Waals surface area contributed by atoms with E-state index in [0.29, 0.717) is 18.9 Å². The van der Waals surface area contributed by atoms with Gasteiger partial charge in [-0.15, -0.1) is 0 Å². The fourth-order valence-electron chi connectivity index (χ4n) is 1.44. The zero-order valence-corrected chi connectivity index (χ0v) is 7.61. The molecule has 1 fully saturated rings. The molecular weight excluding hydrogens is 212 g/mol. The summed E-state index contributed by atoms with van der Waals surface area (Å²) in [5, 5.41) is 9.59. The molecule has 1 N–H and O–H groups in total. The van der Waals surface area contributed by atoms with Crippen LogP contribution in [0.3, 0.4) is 0 Å². The second-order valence-electron chi connectivity index (χ2n) is 3.72. The lowest BCUT2D eigenvalue weighted by atomic mass is 10.0. The Morgan fingerprint density at radius 3 is 2.27 bits per heavy atom. The third kappa shape index (κ3) is 1.84. The lowest BCUT2D eigenvalue weighted by Crippen LogP contribution is -2.12. The van der Waals surface area contributed by atoms with Crippen LogP contribution in [0, 0.1) is 5.82 Å². The predicted octanol–water partition coefficient (Wildman–Crippen LogP) is 2.83. The molecule has 0 aliphatic heterocycles. The van der Waals surface area contributed by atoms with Crippen LogP contribution >= 0.6 is 0 Å². The maximum Gasteiger partial charge on any atom is 0.419 e. The zero-order chi connectivity index (χ0) is 11.3. The van der Waals surface area contributed by atoms with Crippen LogP contribution in [0.15, 0.2) is 18.2 Å². The normalized spacial score (nSPS) is 19.0. The average molecular weight is 220 g/mol. The van der Waals surface area contributed by atoms with Gasteiger partial charge in [-0.05, 0) is 30.5 Å². The molecule has 0 saturated heterocycles. The third-order valence-electron chi connectivity index (χ3n) is 2.53. The van der Waals surface area contributed by atoms with Crippen LogP contribution in [-0.2, 0) is 11.8 Å². The van der Waals surface area contributed by atoms with Crippen molar-refractivity contribution in [2.75, 3.05) is 0 Å². The molecular formula is C10H8F4O. The van der Waals surface area contributed by atoms with Gasteiger partial charge in [-0.1, -0.05) is 6.07 Å². The molecule has 0 amide bonds. The summed E-state index contributed by atoms with van der Waals surface area (Å²) in [5.41, 5.74) is -2.36. The highest BCUT2D eigenvalue weighted by atomic mass is 19.4. The van der Waals surface area contributed by atoms with Crippen LogP contribution in [0.1, 0.15) is 24.0 Å². The minimum Gasteiger partial charge on any atom is -0.385 e. The predicted molar refractivity (Wildman–Crippen MR) is 44.5 cm³/mol. The smallest absolute Gasteiger partial charge is 0.385 e. The van der Waals surface area contributed by atoms with E-state index in [1.165, 1.54) is 6.07 Å². The van der Waals surface area contributed by atoms with Crippen molar-refractivity contribution in [3.8, 4) is 0 Å². The van der Waals surface area contributed by atoms with Gasteiger partial charge < -0.3 is 5.11 Å². The number of halogens is 4. The van der Waals surface area contributed by atoms with Crippen LogP contribution in [0.25, 0.3) is 0 Å². The second-order valence-corrected chi connectivity index (χ2v) is 3.72. The highest BCUT2D eigenvalue weighted by Gasteiger charge is 2.44. The fraction of sp³-hybridized carbons (Fsp3) is 0.400. The van der Waals surface area contributed by atoms with E-state index < -0.39 is 23.2 Å². The summed E-state index contributed by atoms with van der Waals surface area (Å²) in [4.78, 5) is 0. The van der Waals surface area contributed by atoms with Gasteiger partial charge in [-0.3, -0.25) is 0 Å². The SMILES string of the molecule is OC1(c2ccc(F)c(C(F)(F)F)c2)CC1. The summed E-state index contributed by atoms with van der Waals surface area (Å²) in [6.45, 7) is 0. The standard InChI is InChI=1S/C10H8F4O/c11-8-2-1-6(9(15)3-4-9)5-7(8)10(12,13)14/h1-2,5,15H,3-4H2. The first-order valence-electron chi connectivity index (χ1n) is 4.42. The Hall–Kier alpha value is -1.10. The minimum atomic E-state index is -4.72. The van der Waals surface area contributed by atoms with E-state index in [1.54, 1.807) is 0 Å². The summed E-state index contributed by atoms with van der Waals surface area (Å²) in [7, 11) is 0. The Kier molecular flexibility index (Phi) is 2.05. The maximum atomic E-state index is 12.9. The van der Waals surface area contributed by atoms with Crippen LogP contribution in [0.5, 0.6) is 0 Å². The Labute approximate surface area is 83.3 Å². The molecule has 1 saturated carbocycles. The lowest BCUT2D eigenvalue weighted by Gasteiger charge is -2.12. The molecule has 82 valence electrons. The van der Waals surface area contributed by atoms with Gasteiger partial charge in [-0.25, -0.2) is 4.39 Å². The fourth-order valence-corrected chi connectivity index (χ4v) is 1.44. The Morgan fingerprint density at radius 1 is 1.20 bits per heavy atom. The topological polar surface area (TPSA) is 20.2 Å². The number of rotatable bonds is 1. The molecule has 1 aromatic carbocycles. The minimum absolute atomic E-state index is 0.135. The largest absolute Gasteiger partial charge is 0.419 e. The zero-order valence-electron chi connectivity index (χ0n) is 7.61. The number of hydrogen-bond acceptors (Lipinski definition) is 1. The van der Waals surface area contributed by atoms with Crippen LogP contribution in [-0.4, -0.2) is 5.11 Å². The first-order chi connectivity index (χ1) is 6.83. The first kappa shape index (κ1) is 10.4. The van der Waals surface area contributed by atoms with Crippen molar-refractivity contribution in [3.63, 3.8) is 0 Å². The summed E-state index contributed by atoms with van der Waals surface area (Å²) in [5.74, 6) is -1.31. The van der Waals surface area contributed by atoms with Crippen molar-refractivity contribution < 1.29 is 22.7 Å². The van der Waals surface area contributed by atoms with E-state index in [1.807, 2.05) is 0 Å². The Balaban J connectivity index is 2.46. The molecule has 1 nitrogen and oxygen atoms in total. The van der Waals surface area contributed by atoms with E-state index in [9.17, 15) is 22.7 Å². The molecule has 0 radical (unpaired) electrons. The van der Waals surface area contributed by atoms with Gasteiger partial charge in [-0.2, -0.15) is 13.2 Å². The third-order valence-corrected chi connectivity index (χ3v) is 2.53. The first-order valence-corrected chi connectivity index (χ1v) is 4.42. The Bertz CT molecular complexity index is 393. The monoisotopic (exact) mass is 220 g/mol. The molecule has 15 heavy (non-hydrogen) atoms. The molecule has 5 heteroatoms. The van der Waals surface area contributed by atoms with Gasteiger partial charge in [0.15, 0.2) is 0 Å². The van der Waals surface area contributed by atoms with E-state index in [2.05, 4.69) is 0 Å². The summed E-state index contributed by atoms with van der Waals surface area (Å²) < 4.78 is 49.8. The lowest BCUT2D eigenvalue weighted by molar-refractivity contribution is -0.140. The quantitative estimate of drug-likeness (QED) is 0.721. The van der Waals surface area contributed by atoms with E-state index >= 15 is 0 Å². The molecule has 1 aliphatic carbocycles. The van der Waals surface area contributed by atoms with E-state index in [0.717, 1.165) is 6.07 Å². The summed E-state index contributed by atoms with van der Waals surface area (Å²) >= 11 is 0. The summed E-state index contributed by atoms with van der Waals surface area (Å²) in [6, 6.07) is 2.62. The van der Waals surface area contributed by atoms with Crippen molar-refractivity contribution in [2.24, 2.45) is 0 Å². The van der Waals surface area contributed by atoms with Crippen LogP contribution in [0.4, 0.5) is 17.6 Å². The number of hydrogen-bond donors (Lipinski definition) is 1. The van der Waals surface area contributed by atoms with Crippen molar-refractivity contribution in [1.29, 1.82) is 0 Å². The van der Waals surface area contributed by atoms with Crippen LogP contribution in [0.2, 0.25) is 0 Å². The molecule has 1 aromatic rings. The number of benzene rings is 1. The van der Waals surface area contributed by atoms with Gasteiger partial charge >= 0.3 is 6.18 Å². The molecule has 0 bridgehead atoms. The maximum absolute atomic E-state index is 12.9. The van der Waals surface area contributed by atoms with E-state index in [4.69, 9.17) is 0 Å². The molecule has 1 aliphatic rings. The molecule has 0 aromatic heterocycles. The van der Waals surface area contributed by atoms with Crippen LogP contribution < -0.4 is 0 Å². The van der Waals surface area contributed by atoms with Gasteiger partial charge in [0.05, 0.1) is 11.2 Å². The van der Waals surface area contributed by atoms with Gasteiger partial charge in [0, 0.05) is 0 Å². The van der Waals surface area contributed by atoms with Crippen molar-refractivity contribution in [3.05, 3.63) is 35.1 Å². The van der Waals surface area contributed by atoms with Gasteiger partial charge in [0.2, 0.25) is 0 Å². The average Bonchev–Trinajstić information content (AvgIpc) is 2.83. The molecule has 2 rings (SSSR count). The highest BCUT2D eigenvalue weighted by molar-refractivity contribution is 5.33. The molecule has 0 spiro atoms. The van der Waals surface area contributed by atoms with Crippen molar-refractivity contribution in [2.45, 2.75) is 24.6 Å². The van der Waals surface area contributed by atoms with Crippen molar-refractivity contribution >= 4 is 0 Å². The molecule has 0 atom stereocenters. The highest BCUT2D eigenvalue weighted by Crippen LogP contribution is 2.46. The Morgan fingerprint density at radius 2 is 1.80 bits per heavy atom. The van der Waals surface area contributed by atoms with E-state index in [-0.39, 0.29) is 5.56 Å². The van der Waals surface area contributed by atoms with Gasteiger partial charge in [0.25, 0.3) is 0 Å². The summed E-state index contributed by atoms with van der Waals surface area (Å²) in [6.07, 6.45) is -3.86.